The highest BCUT2D eigenvalue weighted by Crippen LogP contribution is 2.40. The number of aromatic amines is 1. The van der Waals surface area contributed by atoms with Crippen LogP contribution in [0.15, 0.2) is 12.1 Å². The summed E-state index contributed by atoms with van der Waals surface area (Å²) in [6.45, 7) is 19.6. The zero-order valence-corrected chi connectivity index (χ0v) is 21.4. The number of carbonyl (C=O) groups is 2. The fourth-order valence-electron chi connectivity index (χ4n) is 3.94. The van der Waals surface area contributed by atoms with Gasteiger partial charge in [0.2, 0.25) is 5.91 Å². The Balaban J connectivity index is 2.67. The lowest BCUT2D eigenvalue weighted by molar-refractivity contribution is -0.141. The number of hydrogen-bond donors (Lipinski definition) is 3. The van der Waals surface area contributed by atoms with Crippen LogP contribution >= 0.6 is 0 Å². The van der Waals surface area contributed by atoms with E-state index in [9.17, 15) is 9.59 Å². The van der Waals surface area contributed by atoms with E-state index in [-0.39, 0.29) is 28.7 Å². The highest BCUT2D eigenvalue weighted by atomic mass is 16.5. The molecule has 0 bridgehead atoms. The highest BCUT2D eigenvalue weighted by molar-refractivity contribution is 5.92. The van der Waals surface area contributed by atoms with Gasteiger partial charge in [0.25, 0.3) is 0 Å². The Morgan fingerprint density at radius 2 is 1.59 bits per heavy atom. The second-order valence-corrected chi connectivity index (χ2v) is 11.8. The van der Waals surface area contributed by atoms with Crippen molar-refractivity contribution in [2.24, 2.45) is 5.73 Å². The number of benzene rings is 1. The fourth-order valence-corrected chi connectivity index (χ4v) is 3.94. The molecule has 0 fully saturated rings. The zero-order valence-electron chi connectivity index (χ0n) is 21.4. The van der Waals surface area contributed by atoms with Gasteiger partial charge in [-0.1, -0.05) is 68.4 Å². The molecule has 6 nitrogen and oxygen atoms in total. The van der Waals surface area contributed by atoms with Gasteiger partial charge in [0.1, 0.15) is 6.54 Å². The highest BCUT2D eigenvalue weighted by Gasteiger charge is 2.30. The first-order valence-corrected chi connectivity index (χ1v) is 11.3. The van der Waals surface area contributed by atoms with E-state index in [2.05, 4.69) is 89.5 Å². The normalized spacial score (nSPS) is 13.8. The van der Waals surface area contributed by atoms with E-state index in [0.29, 0.717) is 6.42 Å². The summed E-state index contributed by atoms with van der Waals surface area (Å²) in [4.78, 5) is 27.7. The molecule has 1 atom stereocenters. The van der Waals surface area contributed by atoms with Gasteiger partial charge in [-0.2, -0.15) is 0 Å². The lowest BCUT2D eigenvalue weighted by Gasteiger charge is -2.27. The van der Waals surface area contributed by atoms with Crippen LogP contribution in [0.3, 0.4) is 0 Å². The van der Waals surface area contributed by atoms with Crippen LogP contribution in [0.4, 0.5) is 0 Å². The summed E-state index contributed by atoms with van der Waals surface area (Å²) >= 11 is 0. The fraction of sp³-hybridized carbons (Fsp3) is 0.615. The van der Waals surface area contributed by atoms with Crippen molar-refractivity contribution in [2.75, 3.05) is 13.7 Å². The Morgan fingerprint density at radius 1 is 1.00 bits per heavy atom. The molecule has 0 radical (unpaired) electrons. The molecule has 178 valence electrons. The maximum absolute atomic E-state index is 12.6. The van der Waals surface area contributed by atoms with Crippen LogP contribution in [0.2, 0.25) is 0 Å². The molecule has 0 unspecified atom stereocenters. The van der Waals surface area contributed by atoms with Crippen molar-refractivity contribution >= 4 is 22.8 Å². The summed E-state index contributed by atoms with van der Waals surface area (Å²) in [6.07, 6.45) is 0.373. The van der Waals surface area contributed by atoms with Crippen molar-refractivity contribution in [1.29, 1.82) is 0 Å². The van der Waals surface area contributed by atoms with E-state index < -0.39 is 12.0 Å². The van der Waals surface area contributed by atoms with Gasteiger partial charge in [-0.3, -0.25) is 9.59 Å². The minimum Gasteiger partial charge on any atom is -0.468 e. The minimum atomic E-state index is -0.783. The van der Waals surface area contributed by atoms with Gasteiger partial charge in [0.05, 0.1) is 13.2 Å². The monoisotopic (exact) mass is 443 g/mol. The first-order chi connectivity index (χ1) is 14.5. The molecule has 0 spiro atoms. The molecule has 4 N–H and O–H groups in total. The molecule has 6 heteroatoms. The Morgan fingerprint density at radius 3 is 2.06 bits per heavy atom. The van der Waals surface area contributed by atoms with Crippen LogP contribution in [0.1, 0.15) is 84.7 Å². The smallest absolute Gasteiger partial charge is 0.325 e. The summed E-state index contributed by atoms with van der Waals surface area (Å²) in [5, 5.41) is 3.72. The Labute approximate surface area is 192 Å². The van der Waals surface area contributed by atoms with Crippen LogP contribution in [0.25, 0.3) is 10.9 Å². The number of ether oxygens (including phenoxy) is 1. The molecule has 0 saturated heterocycles. The van der Waals surface area contributed by atoms with Crippen LogP contribution < -0.4 is 11.1 Å². The van der Waals surface area contributed by atoms with Gasteiger partial charge in [-0.05, 0) is 40.0 Å². The van der Waals surface area contributed by atoms with E-state index in [1.807, 2.05) is 0 Å². The predicted octanol–water partition coefficient (Wildman–Crippen LogP) is 4.22. The van der Waals surface area contributed by atoms with E-state index in [4.69, 9.17) is 5.73 Å². The van der Waals surface area contributed by atoms with Crippen LogP contribution in [-0.4, -0.2) is 36.6 Å². The molecule has 1 heterocycles. The van der Waals surface area contributed by atoms with E-state index >= 15 is 0 Å². The Kier molecular flexibility index (Phi) is 7.20. The number of amides is 1. The first-order valence-electron chi connectivity index (χ1n) is 11.3. The average molecular weight is 444 g/mol. The third-order valence-corrected chi connectivity index (χ3v) is 5.82. The molecule has 1 aromatic heterocycles. The number of rotatable bonds is 5. The van der Waals surface area contributed by atoms with Crippen molar-refractivity contribution in [2.45, 2.75) is 91.0 Å². The van der Waals surface area contributed by atoms with Gasteiger partial charge in [-0.15, -0.1) is 0 Å². The minimum absolute atomic E-state index is 0.00549. The van der Waals surface area contributed by atoms with Crippen molar-refractivity contribution in [3.8, 4) is 0 Å². The number of aromatic nitrogens is 1. The Hall–Kier alpha value is -2.34. The lowest BCUT2D eigenvalue weighted by atomic mass is 9.77. The first kappa shape index (κ1) is 25.9. The maximum Gasteiger partial charge on any atom is 0.325 e. The summed E-state index contributed by atoms with van der Waals surface area (Å²) in [5.41, 5.74) is 11.8. The summed E-state index contributed by atoms with van der Waals surface area (Å²) in [5.74, 6) is -0.869. The summed E-state index contributed by atoms with van der Waals surface area (Å²) in [6, 6.07) is 3.75. The number of hydrogen-bond acceptors (Lipinski definition) is 4. The SMILES string of the molecule is COC(=O)CNC(=O)[C@@H](N)Cc1c(C(C)(C)C)[nH]c2cc(C(C)(C)C)cc(C(C)(C)C)c12. The van der Waals surface area contributed by atoms with Crippen molar-refractivity contribution in [3.63, 3.8) is 0 Å². The second-order valence-electron chi connectivity index (χ2n) is 11.8. The number of esters is 1. The number of methoxy groups -OCH3 is 1. The molecule has 0 aliphatic heterocycles. The standard InChI is InChI=1S/C26H41N3O3/c1-24(2,3)15-11-17(25(4,5)6)21-16(22(26(7,8)9)29-19(21)12-15)13-18(27)23(31)28-14-20(30)32-10/h11-12,18,29H,13-14,27H2,1-10H3,(H,28,31)/t18-/m0/s1. The quantitative estimate of drug-likeness (QED) is 0.603. The van der Waals surface area contributed by atoms with Crippen LogP contribution in [-0.2, 0) is 37.0 Å². The molecule has 0 saturated carbocycles. The molecule has 1 aromatic carbocycles. The molecule has 2 aromatic rings. The van der Waals surface area contributed by atoms with Gasteiger partial charge >= 0.3 is 5.97 Å². The number of carbonyl (C=O) groups excluding carboxylic acids is 2. The van der Waals surface area contributed by atoms with E-state index in [1.54, 1.807) is 0 Å². The lowest BCUT2D eigenvalue weighted by Crippen LogP contribution is -2.44. The van der Waals surface area contributed by atoms with Crippen molar-refractivity contribution < 1.29 is 14.3 Å². The van der Waals surface area contributed by atoms with Crippen LogP contribution in [0.5, 0.6) is 0 Å². The van der Waals surface area contributed by atoms with Gasteiger partial charge in [0, 0.05) is 22.0 Å². The third-order valence-electron chi connectivity index (χ3n) is 5.82. The zero-order chi connectivity index (χ0) is 24.6. The predicted molar refractivity (Wildman–Crippen MR) is 131 cm³/mol. The maximum atomic E-state index is 12.6. The Bertz CT molecular complexity index is 998. The van der Waals surface area contributed by atoms with Crippen LogP contribution in [0, 0.1) is 0 Å². The molecule has 32 heavy (non-hydrogen) atoms. The van der Waals surface area contributed by atoms with Crippen molar-refractivity contribution in [1.82, 2.24) is 10.3 Å². The average Bonchev–Trinajstić information content (AvgIpc) is 3.02. The number of fused-ring (bicyclic) bond motifs is 1. The molecule has 2 rings (SSSR count). The molecule has 1 amide bonds. The van der Waals surface area contributed by atoms with E-state index in [1.165, 1.54) is 18.2 Å². The summed E-state index contributed by atoms with van der Waals surface area (Å²) < 4.78 is 4.60. The number of nitrogens with one attached hydrogen (secondary N) is 2. The molecular weight excluding hydrogens is 402 g/mol. The third kappa shape index (κ3) is 5.71. The topological polar surface area (TPSA) is 97.2 Å². The summed E-state index contributed by atoms with van der Waals surface area (Å²) in [7, 11) is 1.29. The van der Waals surface area contributed by atoms with Crippen molar-refractivity contribution in [3.05, 3.63) is 34.5 Å². The molecule has 0 aliphatic rings. The van der Waals surface area contributed by atoms with E-state index in [0.717, 1.165) is 22.2 Å². The largest absolute Gasteiger partial charge is 0.468 e. The molecule has 0 aliphatic carbocycles. The second kappa shape index (κ2) is 8.89. The number of H-pyrrole nitrogens is 1. The van der Waals surface area contributed by atoms with Gasteiger partial charge in [0.15, 0.2) is 0 Å². The van der Waals surface area contributed by atoms with Gasteiger partial charge < -0.3 is 20.8 Å². The van der Waals surface area contributed by atoms with Gasteiger partial charge in [-0.25, -0.2) is 0 Å². The number of nitrogens with two attached hydrogens (primary N) is 1. The molecular formula is C26H41N3O3.